The molecule has 0 fully saturated rings. The largest absolute Gasteiger partial charge is 0.324 e. The Balaban J connectivity index is 3.72. The minimum Gasteiger partial charge on any atom is -0.324 e. The fourth-order valence-electron chi connectivity index (χ4n) is 7.61. The van der Waals surface area contributed by atoms with Crippen LogP contribution >= 0.6 is 0 Å². The second-order valence-electron chi connectivity index (χ2n) is 14.8. The fraction of sp³-hybridized carbons (Fsp3) is 1.00. The zero-order chi connectivity index (χ0) is 31.4. The van der Waals surface area contributed by atoms with Gasteiger partial charge in [-0.05, 0) is 38.5 Å². The molecule has 0 aliphatic rings. The van der Waals surface area contributed by atoms with Crippen molar-refractivity contribution < 1.29 is 4.48 Å². The number of hydrogen-bond donors (Lipinski definition) is 0. The van der Waals surface area contributed by atoms with Crippen LogP contribution in [-0.4, -0.2) is 30.7 Å². The Morgan fingerprint density at radius 3 is 0.558 bits per heavy atom. The van der Waals surface area contributed by atoms with Crippen LogP contribution in [0.4, 0.5) is 0 Å². The van der Waals surface area contributed by atoms with Crippen LogP contribution in [0.1, 0.15) is 246 Å². The summed E-state index contributed by atoms with van der Waals surface area (Å²) in [5.41, 5.74) is 0. The molecule has 0 saturated carbocycles. The number of quaternary nitrogens is 1. The molecule has 0 rings (SSSR count). The molecular weight excluding hydrogens is 518 g/mol. The lowest BCUT2D eigenvalue weighted by atomic mass is 10.0. The van der Waals surface area contributed by atoms with E-state index in [0.29, 0.717) is 0 Å². The highest BCUT2D eigenvalue weighted by Crippen LogP contribution is 2.19. The third-order valence-corrected chi connectivity index (χ3v) is 10.4. The number of unbranched alkanes of at least 4 members (excludes halogenated alkanes) is 30. The minimum absolute atomic E-state index is 1.36. The summed E-state index contributed by atoms with van der Waals surface area (Å²) in [5, 5.41) is 0. The molecule has 0 atom stereocenters. The molecule has 0 aliphatic heterocycles. The second kappa shape index (κ2) is 36.4. The molecule has 0 heterocycles. The minimum atomic E-state index is 1.36. The summed E-state index contributed by atoms with van der Waals surface area (Å²) in [6, 6.07) is 0. The molecule has 0 aromatic heterocycles. The molecule has 0 N–H and O–H groups in total. The van der Waals surface area contributed by atoms with E-state index < -0.39 is 0 Å². The van der Waals surface area contributed by atoms with Crippen LogP contribution in [0.5, 0.6) is 0 Å². The zero-order valence-electron chi connectivity index (χ0n) is 31.3. The van der Waals surface area contributed by atoms with E-state index in [2.05, 4.69) is 27.7 Å². The van der Waals surface area contributed by atoms with E-state index in [9.17, 15) is 0 Å². The molecule has 0 aromatic rings. The highest BCUT2D eigenvalue weighted by Gasteiger charge is 2.24. The molecule has 0 amide bonds. The Bertz CT molecular complexity index is 441. The Kier molecular flexibility index (Phi) is 36.4. The molecule has 0 bridgehead atoms. The van der Waals surface area contributed by atoms with E-state index in [0.717, 1.165) is 0 Å². The van der Waals surface area contributed by atoms with Crippen molar-refractivity contribution in [2.45, 2.75) is 246 Å². The predicted molar refractivity (Wildman–Crippen MR) is 199 cm³/mol. The smallest absolute Gasteiger partial charge is 0.0786 e. The Labute approximate surface area is 276 Å². The monoisotopic (exact) mass is 607 g/mol. The lowest BCUT2D eigenvalue weighted by Gasteiger charge is -2.39. The first-order chi connectivity index (χ1) is 21.2. The molecule has 43 heavy (non-hydrogen) atoms. The van der Waals surface area contributed by atoms with Gasteiger partial charge in [-0.25, -0.2) is 0 Å². The quantitative estimate of drug-likeness (QED) is 0.0484. The SMILES string of the molecule is CCCCCCCCCCCCCCCCCC[N+](CCC)(CCC)CCCCCCCCCCCCCCCCCC. The summed E-state index contributed by atoms with van der Waals surface area (Å²) < 4.78 is 1.43. The Morgan fingerprint density at radius 2 is 0.372 bits per heavy atom. The molecule has 0 spiro atoms. The summed E-state index contributed by atoms with van der Waals surface area (Å²) in [5.74, 6) is 0. The van der Waals surface area contributed by atoms with Gasteiger partial charge in [0.25, 0.3) is 0 Å². The van der Waals surface area contributed by atoms with Crippen molar-refractivity contribution in [1.82, 2.24) is 0 Å². The molecule has 260 valence electrons. The van der Waals surface area contributed by atoms with Crippen LogP contribution < -0.4 is 0 Å². The van der Waals surface area contributed by atoms with E-state index in [1.54, 1.807) is 0 Å². The summed E-state index contributed by atoms with van der Waals surface area (Å²) >= 11 is 0. The fourth-order valence-corrected chi connectivity index (χ4v) is 7.61. The standard InChI is InChI=1S/C42H88N/c1-5-9-11-13-15-17-19-21-23-25-27-29-31-33-35-37-41-43(39-7-3,40-8-4)42-38-36-34-32-30-28-26-24-22-20-18-16-14-12-10-6-2/h5-42H2,1-4H3/q+1. The first-order valence-electron chi connectivity index (χ1n) is 21.1. The lowest BCUT2D eigenvalue weighted by molar-refractivity contribution is -0.928. The van der Waals surface area contributed by atoms with Gasteiger partial charge in [-0.2, -0.15) is 0 Å². The maximum absolute atomic E-state index is 2.42. The van der Waals surface area contributed by atoms with Crippen molar-refractivity contribution in [2.24, 2.45) is 0 Å². The molecule has 1 heteroatoms. The maximum atomic E-state index is 2.42. The van der Waals surface area contributed by atoms with E-state index in [1.165, 1.54) is 249 Å². The maximum Gasteiger partial charge on any atom is 0.0786 e. The molecule has 0 saturated heterocycles. The Morgan fingerprint density at radius 1 is 0.186 bits per heavy atom. The van der Waals surface area contributed by atoms with Crippen molar-refractivity contribution in [3.05, 3.63) is 0 Å². The summed E-state index contributed by atoms with van der Waals surface area (Å²) in [6.45, 7) is 15.2. The van der Waals surface area contributed by atoms with Crippen LogP contribution in [0.3, 0.4) is 0 Å². The topological polar surface area (TPSA) is 0 Å². The third kappa shape index (κ3) is 31.7. The van der Waals surface area contributed by atoms with E-state index in [1.807, 2.05) is 0 Å². The van der Waals surface area contributed by atoms with E-state index >= 15 is 0 Å². The van der Waals surface area contributed by atoms with Crippen molar-refractivity contribution >= 4 is 0 Å². The van der Waals surface area contributed by atoms with Gasteiger partial charge in [-0.3, -0.25) is 0 Å². The second-order valence-corrected chi connectivity index (χ2v) is 14.8. The first-order valence-corrected chi connectivity index (χ1v) is 21.1. The molecule has 0 unspecified atom stereocenters. The summed E-state index contributed by atoms with van der Waals surface area (Å²) in [4.78, 5) is 0. The van der Waals surface area contributed by atoms with Crippen LogP contribution in [0.2, 0.25) is 0 Å². The van der Waals surface area contributed by atoms with Crippen molar-refractivity contribution in [1.29, 1.82) is 0 Å². The van der Waals surface area contributed by atoms with E-state index in [4.69, 9.17) is 0 Å². The highest BCUT2D eigenvalue weighted by molar-refractivity contribution is 4.54. The highest BCUT2D eigenvalue weighted by atomic mass is 15.3. The number of rotatable bonds is 38. The molecule has 0 radical (unpaired) electrons. The normalized spacial score (nSPS) is 12.0. The summed E-state index contributed by atoms with van der Waals surface area (Å²) in [7, 11) is 0. The summed E-state index contributed by atoms with van der Waals surface area (Å²) in [6.07, 6.45) is 49.8. The van der Waals surface area contributed by atoms with Gasteiger partial charge in [0.1, 0.15) is 0 Å². The third-order valence-electron chi connectivity index (χ3n) is 10.4. The molecular formula is C42H88N+. The van der Waals surface area contributed by atoms with Crippen LogP contribution in [0.25, 0.3) is 0 Å². The molecule has 0 aliphatic carbocycles. The van der Waals surface area contributed by atoms with Gasteiger partial charge >= 0.3 is 0 Å². The van der Waals surface area contributed by atoms with Crippen molar-refractivity contribution in [3.8, 4) is 0 Å². The van der Waals surface area contributed by atoms with Gasteiger partial charge in [-0.1, -0.05) is 207 Å². The average molecular weight is 607 g/mol. The van der Waals surface area contributed by atoms with Crippen molar-refractivity contribution in [2.75, 3.05) is 26.2 Å². The van der Waals surface area contributed by atoms with Crippen LogP contribution in [0.15, 0.2) is 0 Å². The lowest BCUT2D eigenvalue weighted by Crippen LogP contribution is -2.50. The van der Waals surface area contributed by atoms with Gasteiger partial charge in [-0.15, -0.1) is 0 Å². The number of nitrogens with zero attached hydrogens (tertiary/aromatic N) is 1. The van der Waals surface area contributed by atoms with E-state index in [-0.39, 0.29) is 0 Å². The molecule has 0 aromatic carbocycles. The van der Waals surface area contributed by atoms with Gasteiger partial charge in [0.2, 0.25) is 0 Å². The zero-order valence-corrected chi connectivity index (χ0v) is 31.3. The van der Waals surface area contributed by atoms with Gasteiger partial charge in [0.05, 0.1) is 26.2 Å². The molecule has 1 nitrogen and oxygen atoms in total. The van der Waals surface area contributed by atoms with Crippen molar-refractivity contribution in [3.63, 3.8) is 0 Å². The average Bonchev–Trinajstić information content (AvgIpc) is 3.01. The van der Waals surface area contributed by atoms with Gasteiger partial charge in [0, 0.05) is 0 Å². The Hall–Kier alpha value is -0.0400. The van der Waals surface area contributed by atoms with Crippen LogP contribution in [-0.2, 0) is 0 Å². The first kappa shape index (κ1) is 43.0. The van der Waals surface area contributed by atoms with Gasteiger partial charge < -0.3 is 4.48 Å². The van der Waals surface area contributed by atoms with Crippen LogP contribution in [0, 0.1) is 0 Å². The number of hydrogen-bond acceptors (Lipinski definition) is 0. The van der Waals surface area contributed by atoms with Gasteiger partial charge in [0.15, 0.2) is 0 Å². The predicted octanol–water partition coefficient (Wildman–Crippen LogP) is 15.1.